The minimum Gasteiger partial charge on any atom is -0.508 e. The summed E-state index contributed by atoms with van der Waals surface area (Å²) in [4.78, 5) is 22.6. The largest absolute Gasteiger partial charge is 0.508 e. The second kappa shape index (κ2) is 18.1. The summed E-state index contributed by atoms with van der Waals surface area (Å²) in [7, 11) is 0. The number of Topliss-reactive ketones (excluding diaryl/α,β-unsaturated/α-hetero) is 2. The molecule has 0 saturated carbocycles. The highest BCUT2D eigenvalue weighted by molar-refractivity contribution is 9.10. The number of hydrogen-bond acceptors (Lipinski definition) is 6. The van der Waals surface area contributed by atoms with Crippen LogP contribution in [0.5, 0.6) is 11.5 Å². The predicted octanol–water partition coefficient (Wildman–Crippen LogP) is 6.74. The minimum atomic E-state index is -0.281. The second-order valence-electron chi connectivity index (χ2n) is 6.76. The molecule has 0 aromatic heterocycles. The van der Waals surface area contributed by atoms with E-state index in [1.165, 1.54) is 18.4 Å². The Hall–Kier alpha value is -2.25. The van der Waals surface area contributed by atoms with Crippen molar-refractivity contribution in [2.75, 3.05) is 13.2 Å². The second-order valence-corrected chi connectivity index (χ2v) is 9.51. The van der Waals surface area contributed by atoms with E-state index in [2.05, 4.69) is 36.6 Å². The maximum atomic E-state index is 11.7. The molecular formula is C26H33Br2O6+. The van der Waals surface area contributed by atoms with Gasteiger partial charge in [-0.05, 0) is 83.1 Å². The highest BCUT2D eigenvalue weighted by Crippen LogP contribution is 2.17. The number of carbonyl (C=O) groups is 2. The molecule has 186 valence electrons. The topological polar surface area (TPSA) is 82.1 Å². The number of benzene rings is 2. The fourth-order valence-corrected chi connectivity index (χ4v) is 2.87. The molecule has 2 aromatic carbocycles. The van der Waals surface area contributed by atoms with Crippen molar-refractivity contribution in [2.45, 2.75) is 50.6 Å². The zero-order valence-electron chi connectivity index (χ0n) is 20.2. The van der Waals surface area contributed by atoms with Gasteiger partial charge in [0, 0.05) is 17.7 Å². The lowest BCUT2D eigenvalue weighted by molar-refractivity contribution is -0.0613. The molecule has 3 unspecified atom stereocenters. The zero-order valence-corrected chi connectivity index (χ0v) is 23.3. The maximum Gasteiger partial charge on any atom is 0.325 e. The van der Waals surface area contributed by atoms with Gasteiger partial charge in [-0.1, -0.05) is 31.9 Å². The van der Waals surface area contributed by atoms with Crippen LogP contribution in [0.2, 0.25) is 0 Å². The van der Waals surface area contributed by atoms with Gasteiger partial charge in [0.2, 0.25) is 6.58 Å². The van der Waals surface area contributed by atoms with E-state index >= 15 is 0 Å². The van der Waals surface area contributed by atoms with Crippen molar-refractivity contribution < 1.29 is 28.9 Å². The van der Waals surface area contributed by atoms with Crippen molar-refractivity contribution in [3.63, 3.8) is 0 Å². The van der Waals surface area contributed by atoms with Gasteiger partial charge in [0.1, 0.15) is 11.5 Å². The Bertz CT molecular complexity index is 849. The third-order valence-corrected chi connectivity index (χ3v) is 4.81. The molecule has 0 heterocycles. The third-order valence-electron chi connectivity index (χ3n) is 3.98. The van der Waals surface area contributed by atoms with E-state index in [1.807, 2.05) is 27.7 Å². The van der Waals surface area contributed by atoms with Crippen LogP contribution in [0.1, 0.15) is 55.3 Å². The van der Waals surface area contributed by atoms with E-state index in [1.54, 1.807) is 43.3 Å². The Labute approximate surface area is 219 Å². The maximum absolute atomic E-state index is 11.7. The average Bonchev–Trinajstić information content (AvgIpc) is 2.80. The molecule has 34 heavy (non-hydrogen) atoms. The lowest BCUT2D eigenvalue weighted by Crippen LogP contribution is -2.16. The van der Waals surface area contributed by atoms with Gasteiger partial charge in [0.25, 0.3) is 0 Å². The summed E-state index contributed by atoms with van der Waals surface area (Å²) in [5, 5.41) is 8.95. The van der Waals surface area contributed by atoms with Gasteiger partial charge in [-0.15, -0.1) is 0 Å². The first kappa shape index (κ1) is 31.8. The summed E-state index contributed by atoms with van der Waals surface area (Å²) >= 11 is 6.44. The van der Waals surface area contributed by atoms with Gasteiger partial charge in [-0.3, -0.25) is 9.59 Å². The Morgan fingerprint density at radius 1 is 0.882 bits per heavy atom. The first-order valence-corrected chi connectivity index (χ1v) is 12.6. The molecule has 0 amide bonds. The molecular weight excluding hydrogens is 568 g/mol. The van der Waals surface area contributed by atoms with Gasteiger partial charge in [0.05, 0.1) is 16.3 Å². The summed E-state index contributed by atoms with van der Waals surface area (Å²) < 4.78 is 15.3. The number of aromatic hydroxyl groups is 1. The highest BCUT2D eigenvalue weighted by atomic mass is 79.9. The summed E-state index contributed by atoms with van der Waals surface area (Å²) in [5.41, 5.74) is 1.28. The molecule has 0 aliphatic carbocycles. The van der Waals surface area contributed by atoms with E-state index in [4.69, 9.17) is 21.2 Å². The number of carbonyl (C=O) groups excluding carboxylic acids is 2. The number of rotatable bonds is 10. The average molecular weight is 601 g/mol. The van der Waals surface area contributed by atoms with Crippen LogP contribution in [0.15, 0.2) is 54.8 Å². The van der Waals surface area contributed by atoms with Crippen LogP contribution in [0.4, 0.5) is 0 Å². The molecule has 1 N–H and O–H groups in total. The van der Waals surface area contributed by atoms with Crippen molar-refractivity contribution in [3.05, 3.63) is 72.5 Å². The smallest absolute Gasteiger partial charge is 0.325 e. The van der Waals surface area contributed by atoms with Crippen molar-refractivity contribution >= 4 is 43.4 Å². The molecule has 0 bridgehead atoms. The van der Waals surface area contributed by atoms with Crippen molar-refractivity contribution in [1.29, 1.82) is 0 Å². The lowest BCUT2D eigenvalue weighted by Gasteiger charge is -2.14. The summed E-state index contributed by atoms with van der Waals surface area (Å²) in [6.45, 7) is 15.3. The Balaban J connectivity index is 0.000000556. The lowest BCUT2D eigenvalue weighted by atomic mass is 10.1. The van der Waals surface area contributed by atoms with E-state index in [9.17, 15) is 9.59 Å². The molecule has 0 fully saturated rings. The molecule has 0 saturated heterocycles. The van der Waals surface area contributed by atoms with Crippen LogP contribution in [0, 0.1) is 6.58 Å². The molecule has 3 atom stereocenters. The third kappa shape index (κ3) is 13.5. The molecule has 2 rings (SSSR count). The van der Waals surface area contributed by atoms with Gasteiger partial charge in [-0.25, -0.2) is 0 Å². The van der Waals surface area contributed by atoms with E-state index in [0.29, 0.717) is 30.1 Å². The van der Waals surface area contributed by atoms with Gasteiger partial charge < -0.3 is 19.3 Å². The van der Waals surface area contributed by atoms with Crippen LogP contribution in [0.3, 0.4) is 0 Å². The van der Waals surface area contributed by atoms with Gasteiger partial charge in [0.15, 0.2) is 17.9 Å². The van der Waals surface area contributed by atoms with Crippen LogP contribution in [0.25, 0.3) is 0 Å². The number of ketones is 2. The van der Waals surface area contributed by atoms with E-state index in [0.717, 1.165) is 0 Å². The monoisotopic (exact) mass is 599 g/mol. The van der Waals surface area contributed by atoms with Crippen molar-refractivity contribution in [1.82, 2.24) is 0 Å². The quantitative estimate of drug-likeness (QED) is 0.107. The first-order chi connectivity index (χ1) is 16.1. The number of phenols is 1. The zero-order chi connectivity index (χ0) is 26.1. The Morgan fingerprint density at radius 2 is 1.32 bits per heavy atom. The predicted molar refractivity (Wildman–Crippen MR) is 142 cm³/mol. The van der Waals surface area contributed by atoms with Crippen molar-refractivity contribution in [3.8, 4) is 11.5 Å². The number of alkyl halides is 2. The minimum absolute atomic E-state index is 0.0231. The molecule has 8 heteroatoms. The first-order valence-electron chi connectivity index (χ1n) is 10.8. The fourth-order valence-electron chi connectivity index (χ4n) is 2.34. The summed E-state index contributed by atoms with van der Waals surface area (Å²) in [5.74, 6) is 0.961. The van der Waals surface area contributed by atoms with Crippen LogP contribution >= 0.6 is 31.9 Å². The normalized spacial score (nSPS) is 12.4. The highest BCUT2D eigenvalue weighted by Gasteiger charge is 2.12. The van der Waals surface area contributed by atoms with Crippen LogP contribution in [-0.4, -0.2) is 45.8 Å². The van der Waals surface area contributed by atoms with E-state index in [-0.39, 0.29) is 33.3 Å². The summed E-state index contributed by atoms with van der Waals surface area (Å²) in [6.07, 6.45) is 0.900. The molecule has 2 aromatic rings. The van der Waals surface area contributed by atoms with Gasteiger partial charge in [-0.2, -0.15) is 0 Å². The number of ether oxygens (including phenoxy) is 3. The molecule has 0 aliphatic rings. The Kier molecular flexibility index (Phi) is 16.9. The molecule has 6 nitrogen and oxygen atoms in total. The van der Waals surface area contributed by atoms with Crippen molar-refractivity contribution in [2.24, 2.45) is 0 Å². The number of hydrogen-bond donors (Lipinski definition) is 1. The molecule has 0 aliphatic heterocycles. The molecule has 0 spiro atoms. The molecule has 0 radical (unpaired) electrons. The van der Waals surface area contributed by atoms with Crippen LogP contribution < -0.4 is 4.74 Å². The van der Waals surface area contributed by atoms with Crippen LogP contribution in [-0.2, 0) is 9.47 Å². The van der Waals surface area contributed by atoms with E-state index < -0.39 is 0 Å². The standard InChI is InChI=1S/C13H17BrO3.C9H9BrO2.C4H7O/c1-4-16-10(3)17-12-7-5-11(6-8-12)13(15)9(2)14;1-6(10)9(12)7-2-4-8(11)5-3-7;1-3-5-4-2/h5-10H,4H2,1-3H3;2-6,11H,1H3;1,3H,4H2,2H3/q;;+1. The Morgan fingerprint density at radius 3 is 1.65 bits per heavy atom. The summed E-state index contributed by atoms with van der Waals surface area (Å²) in [6, 6.07) is 13.3. The fraction of sp³-hybridized carbons (Fsp3) is 0.385. The SMILES string of the molecule is CC(Br)C(=O)c1ccc(O)cc1.CCOC(C)Oc1ccc(C(=O)C(C)Br)cc1.[CH+]=COCC. The number of phenolic OH excluding ortho intramolecular Hbond substituents is 1. The van der Waals surface area contributed by atoms with Gasteiger partial charge >= 0.3 is 6.26 Å². The number of halogens is 2.